The highest BCUT2D eigenvalue weighted by molar-refractivity contribution is 5.29. The van der Waals surface area contributed by atoms with Crippen molar-refractivity contribution in [3.05, 3.63) is 35.1 Å². The summed E-state index contributed by atoms with van der Waals surface area (Å²) < 4.78 is 51.8. The van der Waals surface area contributed by atoms with Gasteiger partial charge in [-0.2, -0.15) is 13.2 Å². The van der Waals surface area contributed by atoms with Crippen LogP contribution in [-0.4, -0.2) is 6.54 Å². The van der Waals surface area contributed by atoms with E-state index in [2.05, 4.69) is 5.32 Å². The van der Waals surface area contributed by atoms with Gasteiger partial charge in [0.05, 0.1) is 5.56 Å². The Balaban J connectivity index is 3.14. The molecular formula is C14H19F4N. The number of nitrogens with one attached hydrogen (secondary N) is 1. The standard InChI is InChI=1S/C14H19F4N/c1-4-7-19-13(9(2)3)11-8-10(14(16,17)18)5-6-12(11)15/h5-6,8-9,13,19H,4,7H2,1-3H3. The van der Waals surface area contributed by atoms with E-state index in [1.807, 2.05) is 20.8 Å². The van der Waals surface area contributed by atoms with Crippen LogP contribution in [-0.2, 0) is 6.18 Å². The second-order valence-electron chi connectivity index (χ2n) is 4.91. The normalized spacial score (nSPS) is 13.9. The first-order chi connectivity index (χ1) is 8.77. The Morgan fingerprint density at radius 3 is 2.32 bits per heavy atom. The molecular weight excluding hydrogens is 258 g/mol. The van der Waals surface area contributed by atoms with Crippen molar-refractivity contribution >= 4 is 0 Å². The minimum atomic E-state index is -4.45. The molecule has 0 saturated carbocycles. The zero-order valence-corrected chi connectivity index (χ0v) is 11.3. The average molecular weight is 277 g/mol. The second kappa shape index (κ2) is 6.37. The highest BCUT2D eigenvalue weighted by Gasteiger charge is 2.32. The lowest BCUT2D eigenvalue weighted by Gasteiger charge is -2.24. The molecule has 1 unspecified atom stereocenters. The summed E-state index contributed by atoms with van der Waals surface area (Å²) in [6, 6.07) is 2.15. The van der Waals surface area contributed by atoms with Gasteiger partial charge in [-0.15, -0.1) is 0 Å². The monoisotopic (exact) mass is 277 g/mol. The molecule has 1 N–H and O–H groups in total. The van der Waals surface area contributed by atoms with Gasteiger partial charge in [0.1, 0.15) is 5.82 Å². The molecule has 0 aliphatic carbocycles. The van der Waals surface area contributed by atoms with Crippen molar-refractivity contribution in [1.29, 1.82) is 0 Å². The number of hydrogen-bond donors (Lipinski definition) is 1. The average Bonchev–Trinajstić information content (AvgIpc) is 2.29. The first-order valence-electron chi connectivity index (χ1n) is 6.37. The SMILES string of the molecule is CCCNC(c1cc(C(F)(F)F)ccc1F)C(C)C. The summed E-state index contributed by atoms with van der Waals surface area (Å²) >= 11 is 0. The third-order valence-electron chi connectivity index (χ3n) is 2.94. The molecule has 0 amide bonds. The van der Waals surface area contributed by atoms with Gasteiger partial charge in [0.2, 0.25) is 0 Å². The fourth-order valence-corrected chi connectivity index (χ4v) is 1.96. The molecule has 0 spiro atoms. The highest BCUT2D eigenvalue weighted by atomic mass is 19.4. The molecule has 5 heteroatoms. The molecule has 1 nitrogen and oxygen atoms in total. The number of hydrogen-bond acceptors (Lipinski definition) is 1. The van der Waals surface area contributed by atoms with Gasteiger partial charge in [-0.05, 0) is 37.1 Å². The van der Waals surface area contributed by atoms with Gasteiger partial charge < -0.3 is 5.32 Å². The zero-order valence-electron chi connectivity index (χ0n) is 11.3. The third-order valence-corrected chi connectivity index (χ3v) is 2.94. The minimum absolute atomic E-state index is 0.00420. The van der Waals surface area contributed by atoms with Crippen LogP contribution in [0.3, 0.4) is 0 Å². The van der Waals surface area contributed by atoms with Crippen molar-refractivity contribution in [2.45, 2.75) is 39.4 Å². The molecule has 1 aromatic carbocycles. The van der Waals surface area contributed by atoms with Gasteiger partial charge in [0.25, 0.3) is 0 Å². The van der Waals surface area contributed by atoms with Gasteiger partial charge in [-0.3, -0.25) is 0 Å². The Hall–Kier alpha value is -1.10. The van der Waals surface area contributed by atoms with E-state index < -0.39 is 23.6 Å². The van der Waals surface area contributed by atoms with E-state index >= 15 is 0 Å². The Morgan fingerprint density at radius 2 is 1.84 bits per heavy atom. The van der Waals surface area contributed by atoms with E-state index in [0.29, 0.717) is 6.54 Å². The van der Waals surface area contributed by atoms with E-state index in [4.69, 9.17) is 0 Å². The largest absolute Gasteiger partial charge is 0.416 e. The van der Waals surface area contributed by atoms with Crippen molar-refractivity contribution in [1.82, 2.24) is 5.32 Å². The quantitative estimate of drug-likeness (QED) is 0.779. The van der Waals surface area contributed by atoms with Crippen LogP contribution in [0.1, 0.15) is 44.4 Å². The molecule has 0 bridgehead atoms. The van der Waals surface area contributed by atoms with Gasteiger partial charge in [-0.1, -0.05) is 20.8 Å². The molecule has 0 heterocycles. The van der Waals surface area contributed by atoms with Crippen LogP contribution in [0.5, 0.6) is 0 Å². The topological polar surface area (TPSA) is 12.0 Å². The van der Waals surface area contributed by atoms with Crippen LogP contribution in [0, 0.1) is 11.7 Å². The first kappa shape index (κ1) is 16.0. The summed E-state index contributed by atoms with van der Waals surface area (Å²) in [6.07, 6.45) is -3.61. The maximum atomic E-state index is 13.8. The lowest BCUT2D eigenvalue weighted by Crippen LogP contribution is -2.27. The predicted octanol–water partition coefficient (Wildman–Crippen LogP) is 4.54. The summed E-state index contributed by atoms with van der Waals surface area (Å²) in [5.74, 6) is -0.597. The molecule has 108 valence electrons. The summed E-state index contributed by atoms with van der Waals surface area (Å²) in [6.45, 7) is 6.30. The molecule has 1 atom stereocenters. The lowest BCUT2D eigenvalue weighted by atomic mass is 9.94. The van der Waals surface area contributed by atoms with Gasteiger partial charge in [0.15, 0.2) is 0 Å². The fraction of sp³-hybridized carbons (Fsp3) is 0.571. The van der Waals surface area contributed by atoms with Crippen molar-refractivity contribution in [3.8, 4) is 0 Å². The first-order valence-corrected chi connectivity index (χ1v) is 6.37. The molecule has 0 aromatic heterocycles. The van der Waals surface area contributed by atoms with Crippen molar-refractivity contribution in [3.63, 3.8) is 0 Å². The molecule has 0 fully saturated rings. The summed E-state index contributed by atoms with van der Waals surface area (Å²) in [5.41, 5.74) is -0.730. The number of benzene rings is 1. The molecule has 0 aliphatic rings. The molecule has 1 rings (SSSR count). The van der Waals surface area contributed by atoms with E-state index in [-0.39, 0.29) is 11.5 Å². The summed E-state index contributed by atoms with van der Waals surface area (Å²) in [5, 5.41) is 3.10. The van der Waals surface area contributed by atoms with Gasteiger partial charge in [0, 0.05) is 11.6 Å². The minimum Gasteiger partial charge on any atom is -0.310 e. The molecule has 1 aromatic rings. The molecule has 0 radical (unpaired) electrons. The smallest absolute Gasteiger partial charge is 0.310 e. The van der Waals surface area contributed by atoms with Crippen molar-refractivity contribution < 1.29 is 17.6 Å². The van der Waals surface area contributed by atoms with Gasteiger partial charge >= 0.3 is 6.18 Å². The van der Waals surface area contributed by atoms with Crippen molar-refractivity contribution in [2.24, 2.45) is 5.92 Å². The number of rotatable bonds is 5. The Morgan fingerprint density at radius 1 is 1.21 bits per heavy atom. The van der Waals surface area contributed by atoms with Crippen LogP contribution in [0.15, 0.2) is 18.2 Å². The summed E-state index contributed by atoms with van der Waals surface area (Å²) in [7, 11) is 0. The number of alkyl halides is 3. The Bertz CT molecular complexity index is 412. The van der Waals surface area contributed by atoms with Crippen LogP contribution in [0.4, 0.5) is 17.6 Å². The van der Waals surface area contributed by atoms with E-state index in [9.17, 15) is 17.6 Å². The predicted molar refractivity (Wildman–Crippen MR) is 67.3 cm³/mol. The number of halogens is 4. The van der Waals surface area contributed by atoms with E-state index in [1.54, 1.807) is 0 Å². The summed E-state index contributed by atoms with van der Waals surface area (Å²) in [4.78, 5) is 0. The Kier molecular flexibility index (Phi) is 5.35. The van der Waals surface area contributed by atoms with E-state index in [0.717, 1.165) is 24.6 Å². The van der Waals surface area contributed by atoms with Crippen LogP contribution in [0.2, 0.25) is 0 Å². The van der Waals surface area contributed by atoms with Crippen molar-refractivity contribution in [2.75, 3.05) is 6.54 Å². The van der Waals surface area contributed by atoms with Crippen LogP contribution < -0.4 is 5.32 Å². The third kappa shape index (κ3) is 4.20. The van der Waals surface area contributed by atoms with Gasteiger partial charge in [-0.25, -0.2) is 4.39 Å². The fourth-order valence-electron chi connectivity index (χ4n) is 1.96. The Labute approximate surface area is 111 Å². The highest BCUT2D eigenvalue weighted by Crippen LogP contribution is 2.33. The second-order valence-corrected chi connectivity index (χ2v) is 4.91. The molecule has 0 saturated heterocycles. The molecule has 0 aliphatic heterocycles. The zero-order chi connectivity index (χ0) is 14.6. The van der Waals surface area contributed by atoms with Crippen LogP contribution in [0.25, 0.3) is 0 Å². The maximum Gasteiger partial charge on any atom is 0.416 e. The maximum absolute atomic E-state index is 13.8. The molecule has 19 heavy (non-hydrogen) atoms. The lowest BCUT2D eigenvalue weighted by molar-refractivity contribution is -0.137. The van der Waals surface area contributed by atoms with E-state index in [1.165, 1.54) is 0 Å². The van der Waals surface area contributed by atoms with Crippen LogP contribution >= 0.6 is 0 Å².